The van der Waals surface area contributed by atoms with E-state index in [9.17, 15) is 0 Å². The fourth-order valence-corrected chi connectivity index (χ4v) is 1.35. The lowest BCUT2D eigenvalue weighted by molar-refractivity contribution is 0.223. The van der Waals surface area contributed by atoms with Gasteiger partial charge in [0.2, 0.25) is 0 Å². The van der Waals surface area contributed by atoms with Crippen LogP contribution < -0.4 is 5.32 Å². The molecule has 1 unspecified atom stereocenters. The molecule has 1 fully saturated rings. The SMILES string of the molecule is CC(C)CC(CO)NC1CC1. The van der Waals surface area contributed by atoms with Crippen molar-refractivity contribution in [2.45, 2.75) is 45.2 Å². The second-order valence-electron chi connectivity index (χ2n) is 3.95. The van der Waals surface area contributed by atoms with Crippen molar-refractivity contribution in [3.05, 3.63) is 0 Å². The molecule has 1 atom stereocenters. The van der Waals surface area contributed by atoms with Gasteiger partial charge >= 0.3 is 0 Å². The molecule has 11 heavy (non-hydrogen) atoms. The summed E-state index contributed by atoms with van der Waals surface area (Å²) in [7, 11) is 0. The van der Waals surface area contributed by atoms with Crippen molar-refractivity contribution < 1.29 is 5.11 Å². The second-order valence-corrected chi connectivity index (χ2v) is 3.95. The predicted molar refractivity (Wildman–Crippen MR) is 46.5 cm³/mol. The molecule has 0 aromatic heterocycles. The lowest BCUT2D eigenvalue weighted by Gasteiger charge is -2.17. The first kappa shape index (κ1) is 9.01. The zero-order valence-electron chi connectivity index (χ0n) is 7.51. The van der Waals surface area contributed by atoms with Gasteiger partial charge in [-0.2, -0.15) is 0 Å². The largest absolute Gasteiger partial charge is 0.395 e. The molecule has 0 saturated heterocycles. The van der Waals surface area contributed by atoms with Crippen LogP contribution in [0.5, 0.6) is 0 Å². The van der Waals surface area contributed by atoms with E-state index in [1.165, 1.54) is 12.8 Å². The maximum Gasteiger partial charge on any atom is 0.0584 e. The van der Waals surface area contributed by atoms with Crippen LogP contribution in [0.4, 0.5) is 0 Å². The van der Waals surface area contributed by atoms with E-state index in [1.807, 2.05) is 0 Å². The van der Waals surface area contributed by atoms with E-state index >= 15 is 0 Å². The Kier molecular flexibility index (Phi) is 3.34. The van der Waals surface area contributed by atoms with Crippen molar-refractivity contribution in [1.82, 2.24) is 5.32 Å². The van der Waals surface area contributed by atoms with Gasteiger partial charge in [0, 0.05) is 12.1 Å². The molecule has 1 rings (SSSR count). The summed E-state index contributed by atoms with van der Waals surface area (Å²) in [4.78, 5) is 0. The van der Waals surface area contributed by atoms with E-state index < -0.39 is 0 Å². The van der Waals surface area contributed by atoms with Gasteiger partial charge in [-0.25, -0.2) is 0 Å². The molecular weight excluding hydrogens is 138 g/mol. The van der Waals surface area contributed by atoms with Crippen molar-refractivity contribution in [3.8, 4) is 0 Å². The molecule has 0 spiro atoms. The molecule has 1 aliphatic carbocycles. The normalized spacial score (nSPS) is 20.7. The van der Waals surface area contributed by atoms with Crippen molar-refractivity contribution in [2.75, 3.05) is 6.61 Å². The molecule has 2 heteroatoms. The molecule has 2 nitrogen and oxygen atoms in total. The van der Waals surface area contributed by atoms with Gasteiger partial charge in [-0.3, -0.25) is 0 Å². The number of nitrogens with one attached hydrogen (secondary N) is 1. The number of rotatable bonds is 5. The van der Waals surface area contributed by atoms with Gasteiger partial charge in [-0.05, 0) is 25.2 Å². The third-order valence-corrected chi connectivity index (χ3v) is 2.03. The lowest BCUT2D eigenvalue weighted by Crippen LogP contribution is -2.35. The molecular formula is C9H19NO. The average Bonchev–Trinajstić information content (AvgIpc) is 2.69. The Morgan fingerprint density at radius 2 is 2.09 bits per heavy atom. The lowest BCUT2D eigenvalue weighted by atomic mass is 10.0. The third kappa shape index (κ3) is 3.73. The molecule has 2 N–H and O–H groups in total. The Morgan fingerprint density at radius 1 is 1.45 bits per heavy atom. The third-order valence-electron chi connectivity index (χ3n) is 2.03. The van der Waals surface area contributed by atoms with Gasteiger partial charge in [0.05, 0.1) is 6.61 Å². The molecule has 1 saturated carbocycles. The first-order chi connectivity index (χ1) is 5.22. The Bertz CT molecular complexity index is 106. The van der Waals surface area contributed by atoms with Crippen LogP contribution in [-0.2, 0) is 0 Å². The Hall–Kier alpha value is -0.0800. The van der Waals surface area contributed by atoms with Crippen LogP contribution in [0.2, 0.25) is 0 Å². The first-order valence-corrected chi connectivity index (χ1v) is 4.59. The Labute approximate surface area is 69.0 Å². The molecule has 0 bridgehead atoms. The van der Waals surface area contributed by atoms with Crippen LogP contribution in [0, 0.1) is 5.92 Å². The van der Waals surface area contributed by atoms with Crippen molar-refractivity contribution in [3.63, 3.8) is 0 Å². The maximum atomic E-state index is 8.99. The summed E-state index contributed by atoms with van der Waals surface area (Å²) in [5.74, 6) is 0.679. The van der Waals surface area contributed by atoms with Crippen molar-refractivity contribution in [1.29, 1.82) is 0 Å². The summed E-state index contributed by atoms with van der Waals surface area (Å²) < 4.78 is 0. The fraction of sp³-hybridized carbons (Fsp3) is 1.00. The van der Waals surface area contributed by atoms with E-state index in [0.717, 1.165) is 6.42 Å². The van der Waals surface area contributed by atoms with E-state index in [4.69, 9.17) is 5.11 Å². The summed E-state index contributed by atoms with van der Waals surface area (Å²) in [6.07, 6.45) is 3.69. The molecule has 0 aliphatic heterocycles. The predicted octanol–water partition coefficient (Wildman–Crippen LogP) is 1.15. The van der Waals surface area contributed by atoms with Gasteiger partial charge in [0.1, 0.15) is 0 Å². The molecule has 66 valence electrons. The van der Waals surface area contributed by atoms with Crippen LogP contribution >= 0.6 is 0 Å². The Balaban J connectivity index is 2.12. The van der Waals surface area contributed by atoms with E-state index in [-0.39, 0.29) is 6.61 Å². The van der Waals surface area contributed by atoms with Crippen LogP contribution in [-0.4, -0.2) is 23.8 Å². The van der Waals surface area contributed by atoms with E-state index in [1.54, 1.807) is 0 Å². The molecule has 0 heterocycles. The summed E-state index contributed by atoms with van der Waals surface area (Å²) in [5.41, 5.74) is 0. The molecule has 0 aromatic rings. The van der Waals surface area contributed by atoms with Crippen LogP contribution in [0.1, 0.15) is 33.1 Å². The van der Waals surface area contributed by atoms with Crippen molar-refractivity contribution >= 4 is 0 Å². The monoisotopic (exact) mass is 157 g/mol. The first-order valence-electron chi connectivity index (χ1n) is 4.59. The fourth-order valence-electron chi connectivity index (χ4n) is 1.35. The van der Waals surface area contributed by atoms with Gasteiger partial charge in [0.25, 0.3) is 0 Å². The number of hydrogen-bond acceptors (Lipinski definition) is 2. The number of aliphatic hydroxyl groups excluding tert-OH is 1. The summed E-state index contributed by atoms with van der Waals surface area (Å²) in [6, 6.07) is 1.05. The minimum absolute atomic E-state index is 0.286. The number of aliphatic hydroxyl groups is 1. The maximum absolute atomic E-state index is 8.99. The van der Waals surface area contributed by atoms with Gasteiger partial charge < -0.3 is 10.4 Å². The van der Waals surface area contributed by atoms with Crippen LogP contribution in [0.25, 0.3) is 0 Å². The van der Waals surface area contributed by atoms with Gasteiger partial charge in [0.15, 0.2) is 0 Å². The van der Waals surface area contributed by atoms with Crippen LogP contribution in [0.15, 0.2) is 0 Å². The van der Waals surface area contributed by atoms with Gasteiger partial charge in [-0.15, -0.1) is 0 Å². The summed E-state index contributed by atoms with van der Waals surface area (Å²) in [5, 5.41) is 12.4. The molecule has 0 aromatic carbocycles. The zero-order chi connectivity index (χ0) is 8.27. The molecule has 0 amide bonds. The topological polar surface area (TPSA) is 32.3 Å². The number of hydrogen-bond donors (Lipinski definition) is 2. The minimum atomic E-state index is 0.286. The minimum Gasteiger partial charge on any atom is -0.395 e. The summed E-state index contributed by atoms with van der Waals surface area (Å²) in [6.45, 7) is 4.67. The average molecular weight is 157 g/mol. The van der Waals surface area contributed by atoms with Crippen LogP contribution in [0.3, 0.4) is 0 Å². The molecule has 0 radical (unpaired) electrons. The molecule has 1 aliphatic rings. The summed E-state index contributed by atoms with van der Waals surface area (Å²) >= 11 is 0. The van der Waals surface area contributed by atoms with Gasteiger partial charge in [-0.1, -0.05) is 13.8 Å². The highest BCUT2D eigenvalue weighted by Crippen LogP contribution is 2.20. The Morgan fingerprint density at radius 3 is 2.45 bits per heavy atom. The quantitative estimate of drug-likeness (QED) is 0.627. The highest BCUT2D eigenvalue weighted by atomic mass is 16.3. The van der Waals surface area contributed by atoms with Crippen molar-refractivity contribution in [2.24, 2.45) is 5.92 Å². The smallest absolute Gasteiger partial charge is 0.0584 e. The van der Waals surface area contributed by atoms with E-state index in [0.29, 0.717) is 18.0 Å². The highest BCUT2D eigenvalue weighted by Gasteiger charge is 2.24. The van der Waals surface area contributed by atoms with E-state index in [2.05, 4.69) is 19.2 Å². The standard InChI is InChI=1S/C9H19NO/c1-7(2)5-9(6-11)10-8-3-4-8/h7-11H,3-6H2,1-2H3. The highest BCUT2D eigenvalue weighted by molar-refractivity contribution is 4.84. The zero-order valence-corrected chi connectivity index (χ0v) is 7.51. The second kappa shape index (κ2) is 4.07.